The number of unbranched alkanes of at least 4 members (excludes halogenated alkanes) is 1. The fraction of sp³-hybridized carbons (Fsp3) is 0.684. The number of anilines is 1. The van der Waals surface area contributed by atoms with Gasteiger partial charge in [-0.15, -0.1) is 0 Å². The van der Waals surface area contributed by atoms with Gasteiger partial charge >= 0.3 is 0 Å². The highest BCUT2D eigenvalue weighted by atomic mass is 15.1. The molecule has 0 amide bonds. The van der Waals surface area contributed by atoms with Crippen molar-refractivity contribution < 1.29 is 0 Å². The van der Waals surface area contributed by atoms with Crippen molar-refractivity contribution in [1.29, 1.82) is 0 Å². The Labute approximate surface area is 131 Å². The van der Waals surface area contributed by atoms with Gasteiger partial charge in [0.1, 0.15) is 0 Å². The quantitative estimate of drug-likeness (QED) is 0.594. The maximum Gasteiger partial charge on any atom is 0.0366 e. The van der Waals surface area contributed by atoms with Crippen LogP contribution in [0.25, 0.3) is 0 Å². The lowest BCUT2D eigenvalue weighted by Crippen LogP contribution is -2.42. The molecule has 0 aromatic heterocycles. The third kappa shape index (κ3) is 6.52. The van der Waals surface area contributed by atoms with E-state index in [0.29, 0.717) is 5.41 Å². The van der Waals surface area contributed by atoms with Crippen LogP contribution in [0.15, 0.2) is 30.3 Å². The van der Waals surface area contributed by atoms with Gasteiger partial charge < -0.3 is 10.2 Å². The topological polar surface area (TPSA) is 15.3 Å². The summed E-state index contributed by atoms with van der Waals surface area (Å²) in [6.45, 7) is 13.7. The summed E-state index contributed by atoms with van der Waals surface area (Å²) in [4.78, 5) is 2.57. The standard InChI is InChI=1S/C19H34N2/c1-5-8-15-21(18-12-10-9-11-13-18)17-19(4,7-3)16-20-14-6-2/h9-13,20H,5-8,14-17H2,1-4H3. The van der Waals surface area contributed by atoms with Crippen LogP contribution in [-0.4, -0.2) is 26.2 Å². The summed E-state index contributed by atoms with van der Waals surface area (Å²) in [6, 6.07) is 10.9. The van der Waals surface area contributed by atoms with E-state index < -0.39 is 0 Å². The molecule has 0 heterocycles. The Kier molecular flexibility index (Phi) is 8.44. The molecular weight excluding hydrogens is 256 g/mol. The van der Waals surface area contributed by atoms with Crippen molar-refractivity contribution in [2.45, 2.75) is 53.4 Å². The Hall–Kier alpha value is -1.02. The van der Waals surface area contributed by atoms with Gasteiger partial charge in [0.05, 0.1) is 0 Å². The van der Waals surface area contributed by atoms with Gasteiger partial charge in [-0.1, -0.05) is 52.3 Å². The van der Waals surface area contributed by atoms with E-state index >= 15 is 0 Å². The monoisotopic (exact) mass is 290 g/mol. The number of benzene rings is 1. The molecule has 120 valence electrons. The highest BCUT2D eigenvalue weighted by molar-refractivity contribution is 5.46. The number of hydrogen-bond acceptors (Lipinski definition) is 2. The molecule has 2 heteroatoms. The summed E-state index contributed by atoms with van der Waals surface area (Å²) in [7, 11) is 0. The molecule has 0 aliphatic rings. The van der Waals surface area contributed by atoms with Gasteiger partial charge in [0.2, 0.25) is 0 Å². The first-order valence-corrected chi connectivity index (χ1v) is 8.66. The van der Waals surface area contributed by atoms with Gasteiger partial charge in [-0.25, -0.2) is 0 Å². The fourth-order valence-electron chi connectivity index (χ4n) is 2.61. The zero-order chi connectivity index (χ0) is 15.6. The molecule has 1 rings (SSSR count). The molecule has 0 saturated carbocycles. The Morgan fingerprint density at radius 1 is 1.05 bits per heavy atom. The lowest BCUT2D eigenvalue weighted by atomic mass is 9.86. The van der Waals surface area contributed by atoms with Crippen molar-refractivity contribution in [3.05, 3.63) is 30.3 Å². The van der Waals surface area contributed by atoms with Crippen LogP contribution in [0.1, 0.15) is 53.4 Å². The van der Waals surface area contributed by atoms with Gasteiger partial charge in [-0.05, 0) is 43.4 Å². The minimum Gasteiger partial charge on any atom is -0.371 e. The van der Waals surface area contributed by atoms with Crippen LogP contribution in [0.3, 0.4) is 0 Å². The molecule has 0 fully saturated rings. The molecule has 0 saturated heterocycles. The highest BCUT2D eigenvalue weighted by Gasteiger charge is 2.25. The highest BCUT2D eigenvalue weighted by Crippen LogP contribution is 2.25. The second-order valence-corrected chi connectivity index (χ2v) is 6.45. The van der Waals surface area contributed by atoms with Crippen molar-refractivity contribution in [3.63, 3.8) is 0 Å². The van der Waals surface area contributed by atoms with Crippen LogP contribution < -0.4 is 10.2 Å². The van der Waals surface area contributed by atoms with E-state index in [-0.39, 0.29) is 0 Å². The van der Waals surface area contributed by atoms with E-state index in [1.807, 2.05) is 0 Å². The van der Waals surface area contributed by atoms with Crippen molar-refractivity contribution in [2.75, 3.05) is 31.1 Å². The molecule has 0 spiro atoms. The minimum atomic E-state index is 0.332. The van der Waals surface area contributed by atoms with Gasteiger partial charge in [0.25, 0.3) is 0 Å². The van der Waals surface area contributed by atoms with Gasteiger partial charge in [-0.3, -0.25) is 0 Å². The molecule has 2 nitrogen and oxygen atoms in total. The molecule has 0 bridgehead atoms. The maximum absolute atomic E-state index is 3.61. The van der Waals surface area contributed by atoms with E-state index in [1.165, 1.54) is 31.4 Å². The van der Waals surface area contributed by atoms with Crippen molar-refractivity contribution in [3.8, 4) is 0 Å². The number of hydrogen-bond donors (Lipinski definition) is 1. The van der Waals surface area contributed by atoms with E-state index in [0.717, 1.165) is 26.2 Å². The Morgan fingerprint density at radius 2 is 1.76 bits per heavy atom. The average Bonchev–Trinajstić information content (AvgIpc) is 2.52. The van der Waals surface area contributed by atoms with Crippen LogP contribution in [-0.2, 0) is 0 Å². The zero-order valence-electron chi connectivity index (χ0n) is 14.5. The van der Waals surface area contributed by atoms with Crippen LogP contribution >= 0.6 is 0 Å². The predicted octanol–water partition coefficient (Wildman–Crippen LogP) is 4.71. The van der Waals surface area contributed by atoms with Crippen molar-refractivity contribution in [1.82, 2.24) is 5.32 Å². The second-order valence-electron chi connectivity index (χ2n) is 6.45. The molecule has 1 N–H and O–H groups in total. The molecule has 0 radical (unpaired) electrons. The molecule has 1 atom stereocenters. The molecule has 0 aliphatic heterocycles. The first-order valence-electron chi connectivity index (χ1n) is 8.66. The molecule has 21 heavy (non-hydrogen) atoms. The summed E-state index contributed by atoms with van der Waals surface area (Å²) < 4.78 is 0. The molecule has 1 unspecified atom stereocenters. The number of nitrogens with one attached hydrogen (secondary N) is 1. The summed E-state index contributed by atoms with van der Waals surface area (Å²) in [5, 5.41) is 3.61. The normalized spacial score (nSPS) is 13.9. The molecule has 1 aromatic rings. The molecular formula is C19H34N2. The Bertz CT molecular complexity index is 363. The van der Waals surface area contributed by atoms with Gasteiger partial charge in [0, 0.05) is 25.3 Å². The first-order chi connectivity index (χ1) is 10.1. The van der Waals surface area contributed by atoms with Crippen LogP contribution in [0.2, 0.25) is 0 Å². The number of para-hydroxylation sites is 1. The van der Waals surface area contributed by atoms with Crippen molar-refractivity contribution in [2.24, 2.45) is 5.41 Å². The summed E-state index contributed by atoms with van der Waals surface area (Å²) in [5.41, 5.74) is 1.69. The number of nitrogens with zero attached hydrogens (tertiary/aromatic N) is 1. The van der Waals surface area contributed by atoms with E-state index in [9.17, 15) is 0 Å². The van der Waals surface area contributed by atoms with Crippen molar-refractivity contribution >= 4 is 5.69 Å². The van der Waals surface area contributed by atoms with Gasteiger partial charge in [0.15, 0.2) is 0 Å². The average molecular weight is 290 g/mol. The lowest BCUT2D eigenvalue weighted by molar-refractivity contribution is 0.295. The predicted molar refractivity (Wildman–Crippen MR) is 95.1 cm³/mol. The lowest BCUT2D eigenvalue weighted by Gasteiger charge is -2.36. The molecule has 1 aromatic carbocycles. The minimum absolute atomic E-state index is 0.332. The van der Waals surface area contributed by atoms with E-state index in [1.54, 1.807) is 0 Å². The Morgan fingerprint density at radius 3 is 2.33 bits per heavy atom. The maximum atomic E-state index is 3.61. The van der Waals surface area contributed by atoms with Crippen LogP contribution in [0.4, 0.5) is 5.69 Å². The third-order valence-electron chi connectivity index (χ3n) is 4.31. The van der Waals surface area contributed by atoms with E-state index in [4.69, 9.17) is 0 Å². The summed E-state index contributed by atoms with van der Waals surface area (Å²) in [6.07, 6.45) is 4.93. The summed E-state index contributed by atoms with van der Waals surface area (Å²) in [5.74, 6) is 0. The Balaban J connectivity index is 2.73. The number of rotatable bonds is 11. The largest absolute Gasteiger partial charge is 0.371 e. The van der Waals surface area contributed by atoms with Crippen LogP contribution in [0.5, 0.6) is 0 Å². The third-order valence-corrected chi connectivity index (χ3v) is 4.31. The van der Waals surface area contributed by atoms with Gasteiger partial charge in [-0.2, -0.15) is 0 Å². The zero-order valence-corrected chi connectivity index (χ0v) is 14.5. The summed E-state index contributed by atoms with van der Waals surface area (Å²) >= 11 is 0. The fourth-order valence-corrected chi connectivity index (χ4v) is 2.61. The van der Waals surface area contributed by atoms with E-state index in [2.05, 4.69) is 68.2 Å². The second kappa shape index (κ2) is 9.83. The molecule has 0 aliphatic carbocycles. The smallest absolute Gasteiger partial charge is 0.0366 e. The van der Waals surface area contributed by atoms with Crippen LogP contribution in [0, 0.1) is 5.41 Å². The first kappa shape index (κ1) is 18.0. The SMILES string of the molecule is CCCCN(CC(C)(CC)CNCCC)c1ccccc1.